The molecule has 0 radical (unpaired) electrons. The van der Waals surface area contributed by atoms with Crippen LogP contribution in [-0.2, 0) is 13.1 Å². The number of anilines is 2. The zero-order valence-electron chi connectivity index (χ0n) is 14.9. The van der Waals surface area contributed by atoms with Crippen LogP contribution in [-0.4, -0.2) is 28.0 Å². The Hall–Kier alpha value is -3.13. The lowest BCUT2D eigenvalue weighted by atomic mass is 10.2. The van der Waals surface area contributed by atoms with Crippen LogP contribution in [0.3, 0.4) is 0 Å². The third kappa shape index (κ3) is 3.05. The Morgan fingerprint density at radius 2 is 1.86 bits per heavy atom. The van der Waals surface area contributed by atoms with Gasteiger partial charge in [0.25, 0.3) is 0 Å². The predicted octanol–water partition coefficient (Wildman–Crippen LogP) is 2.41. The molecular weight excluding hydrogens is 387 g/mol. The Morgan fingerprint density at radius 3 is 2.54 bits per heavy atom. The van der Waals surface area contributed by atoms with Crippen molar-refractivity contribution < 1.29 is 9.13 Å². The molecular formula is C19H16ClFN4O3. The van der Waals surface area contributed by atoms with Crippen molar-refractivity contribution in [2.45, 2.75) is 13.1 Å². The van der Waals surface area contributed by atoms with Crippen LogP contribution in [0, 0.1) is 5.82 Å². The average Bonchev–Trinajstić information content (AvgIpc) is 3.12. The number of benzene rings is 2. The van der Waals surface area contributed by atoms with Gasteiger partial charge in [0, 0.05) is 29.4 Å². The van der Waals surface area contributed by atoms with Crippen LogP contribution in [0.2, 0.25) is 5.02 Å². The van der Waals surface area contributed by atoms with E-state index in [1.807, 2.05) is 17.0 Å². The Bertz CT molecular complexity index is 1140. The van der Waals surface area contributed by atoms with Gasteiger partial charge in [0.05, 0.1) is 13.7 Å². The highest BCUT2D eigenvalue weighted by atomic mass is 35.5. The molecule has 0 fully saturated rings. The minimum atomic E-state index is -0.820. The van der Waals surface area contributed by atoms with Crippen molar-refractivity contribution in [1.82, 2.24) is 14.3 Å². The summed E-state index contributed by atoms with van der Waals surface area (Å²) in [5.41, 5.74) is -0.613. The smallest absolute Gasteiger partial charge is 0.333 e. The number of rotatable bonds is 4. The third-order valence-electron chi connectivity index (χ3n) is 4.66. The molecule has 7 nitrogen and oxygen atoms in total. The van der Waals surface area contributed by atoms with Crippen LogP contribution in [0.25, 0.3) is 0 Å². The van der Waals surface area contributed by atoms with E-state index in [4.69, 9.17) is 16.3 Å². The molecule has 0 aliphatic carbocycles. The quantitative estimate of drug-likeness (QED) is 0.627. The highest BCUT2D eigenvalue weighted by Gasteiger charge is 2.26. The maximum atomic E-state index is 14.1. The molecule has 2 aromatic carbocycles. The second-order valence-corrected chi connectivity index (χ2v) is 6.68. The van der Waals surface area contributed by atoms with E-state index in [1.165, 1.54) is 22.8 Å². The van der Waals surface area contributed by atoms with Gasteiger partial charge in [-0.05, 0) is 36.4 Å². The van der Waals surface area contributed by atoms with E-state index in [2.05, 4.69) is 5.10 Å². The highest BCUT2D eigenvalue weighted by Crippen LogP contribution is 2.28. The lowest BCUT2D eigenvalue weighted by Gasteiger charge is -2.18. The maximum Gasteiger partial charge on any atom is 0.333 e. The fraction of sp³-hybridized carbons (Fsp3) is 0.211. The molecule has 144 valence electrons. The molecule has 1 aliphatic heterocycles. The van der Waals surface area contributed by atoms with Gasteiger partial charge in [-0.3, -0.25) is 14.2 Å². The predicted molar refractivity (Wildman–Crippen MR) is 103 cm³/mol. The Morgan fingerprint density at radius 1 is 1.11 bits per heavy atom. The number of halogens is 2. The molecule has 0 spiro atoms. The zero-order valence-corrected chi connectivity index (χ0v) is 15.7. The molecule has 0 bridgehead atoms. The van der Waals surface area contributed by atoms with Crippen molar-refractivity contribution in [3.05, 3.63) is 79.6 Å². The number of hydrogen-bond donors (Lipinski definition) is 0. The monoisotopic (exact) mass is 402 g/mol. The standard InChI is InChI=1S/C19H16ClFN4O3/c1-28-13-7-5-12(6-8-13)23-9-10-24-17(26)18(27)25(22-19(23)24)11-14-15(20)3-2-4-16(14)21/h2-8H,9-11H2,1H3. The summed E-state index contributed by atoms with van der Waals surface area (Å²) in [6, 6.07) is 11.5. The molecule has 2 heterocycles. The van der Waals surface area contributed by atoms with E-state index >= 15 is 0 Å². The largest absolute Gasteiger partial charge is 0.497 e. The molecule has 0 unspecified atom stereocenters. The summed E-state index contributed by atoms with van der Waals surface area (Å²) < 4.78 is 21.6. The second kappa shape index (κ2) is 7.12. The highest BCUT2D eigenvalue weighted by molar-refractivity contribution is 6.31. The van der Waals surface area contributed by atoms with E-state index in [9.17, 15) is 14.0 Å². The first kappa shape index (κ1) is 18.2. The van der Waals surface area contributed by atoms with E-state index < -0.39 is 16.9 Å². The number of methoxy groups -OCH3 is 1. The number of hydrogen-bond acceptors (Lipinski definition) is 5. The zero-order chi connectivity index (χ0) is 19.8. The van der Waals surface area contributed by atoms with Crippen LogP contribution in [0.15, 0.2) is 52.1 Å². The molecule has 0 atom stereocenters. The Labute approximate surface area is 164 Å². The number of fused-ring (bicyclic) bond motifs is 1. The normalized spacial score (nSPS) is 12.9. The summed E-state index contributed by atoms with van der Waals surface area (Å²) in [4.78, 5) is 26.8. The Kier molecular flexibility index (Phi) is 4.64. The van der Waals surface area contributed by atoms with Crippen molar-refractivity contribution in [1.29, 1.82) is 0 Å². The van der Waals surface area contributed by atoms with Crippen LogP contribution < -0.4 is 20.8 Å². The van der Waals surface area contributed by atoms with Crippen molar-refractivity contribution in [2.75, 3.05) is 18.6 Å². The second-order valence-electron chi connectivity index (χ2n) is 6.27. The summed E-state index contributed by atoms with van der Waals surface area (Å²) in [7, 11) is 1.58. The molecule has 4 rings (SSSR count). The van der Waals surface area contributed by atoms with E-state index in [0.29, 0.717) is 24.8 Å². The summed E-state index contributed by atoms with van der Waals surface area (Å²) in [5, 5.41) is 4.50. The summed E-state index contributed by atoms with van der Waals surface area (Å²) in [6.45, 7) is 0.589. The molecule has 0 saturated heterocycles. The van der Waals surface area contributed by atoms with Gasteiger partial charge < -0.3 is 9.64 Å². The van der Waals surface area contributed by atoms with Crippen LogP contribution in [0.4, 0.5) is 16.0 Å². The first-order valence-electron chi connectivity index (χ1n) is 8.56. The summed E-state index contributed by atoms with van der Waals surface area (Å²) in [5.74, 6) is 0.462. The SMILES string of the molecule is COc1ccc(N2CCn3c2nn(Cc2c(F)cccc2Cl)c(=O)c3=O)cc1. The molecule has 1 aromatic heterocycles. The summed E-state index contributed by atoms with van der Waals surface area (Å²) in [6.07, 6.45) is 0. The first-order valence-corrected chi connectivity index (χ1v) is 8.94. The first-order chi connectivity index (χ1) is 13.5. The minimum absolute atomic E-state index is 0.108. The van der Waals surface area contributed by atoms with Gasteiger partial charge in [-0.2, -0.15) is 0 Å². The van der Waals surface area contributed by atoms with Gasteiger partial charge in [0.15, 0.2) is 0 Å². The minimum Gasteiger partial charge on any atom is -0.497 e. The van der Waals surface area contributed by atoms with Gasteiger partial charge in [-0.25, -0.2) is 9.07 Å². The van der Waals surface area contributed by atoms with Gasteiger partial charge in [-0.15, -0.1) is 5.10 Å². The molecule has 9 heteroatoms. The van der Waals surface area contributed by atoms with Crippen LogP contribution in [0.5, 0.6) is 5.75 Å². The maximum absolute atomic E-state index is 14.1. The van der Waals surface area contributed by atoms with E-state index in [1.54, 1.807) is 19.2 Å². The van der Waals surface area contributed by atoms with Crippen LogP contribution in [0.1, 0.15) is 5.56 Å². The van der Waals surface area contributed by atoms with E-state index in [0.717, 1.165) is 10.4 Å². The lowest BCUT2D eigenvalue weighted by molar-refractivity contribution is 0.415. The number of ether oxygens (including phenoxy) is 1. The molecule has 28 heavy (non-hydrogen) atoms. The van der Waals surface area contributed by atoms with Crippen molar-refractivity contribution in [3.8, 4) is 5.75 Å². The van der Waals surface area contributed by atoms with Gasteiger partial charge in [0.2, 0.25) is 5.95 Å². The van der Waals surface area contributed by atoms with Gasteiger partial charge >= 0.3 is 11.1 Å². The average molecular weight is 403 g/mol. The topological polar surface area (TPSA) is 69.4 Å². The molecule has 0 saturated carbocycles. The van der Waals surface area contributed by atoms with Gasteiger partial charge in [-0.1, -0.05) is 17.7 Å². The summed E-state index contributed by atoms with van der Waals surface area (Å²) >= 11 is 6.05. The van der Waals surface area contributed by atoms with Gasteiger partial charge in [0.1, 0.15) is 11.6 Å². The fourth-order valence-corrected chi connectivity index (χ4v) is 3.40. The number of nitrogens with zero attached hydrogens (tertiary/aromatic N) is 4. The van der Waals surface area contributed by atoms with Crippen molar-refractivity contribution in [3.63, 3.8) is 0 Å². The number of aromatic nitrogens is 3. The van der Waals surface area contributed by atoms with Crippen LogP contribution >= 0.6 is 11.6 Å². The van der Waals surface area contributed by atoms with E-state index in [-0.39, 0.29) is 17.1 Å². The molecule has 1 aliphatic rings. The Balaban J connectivity index is 1.78. The molecule has 0 amide bonds. The molecule has 3 aromatic rings. The fourth-order valence-electron chi connectivity index (χ4n) is 3.17. The molecule has 0 N–H and O–H groups in total. The van der Waals surface area contributed by atoms with Crippen molar-refractivity contribution >= 4 is 23.2 Å². The third-order valence-corrected chi connectivity index (χ3v) is 5.01. The lowest BCUT2D eigenvalue weighted by Crippen LogP contribution is -2.42. The van der Waals surface area contributed by atoms with Crippen molar-refractivity contribution in [2.24, 2.45) is 0 Å².